The van der Waals surface area contributed by atoms with Crippen molar-refractivity contribution in [3.63, 3.8) is 0 Å². The Kier molecular flexibility index (Phi) is 4.87. The molecule has 0 heterocycles. The number of nitro groups is 2. The van der Waals surface area contributed by atoms with Crippen molar-refractivity contribution in [3.05, 3.63) is 73.3 Å². The molecular weight excluding hydrogens is 326 g/mol. The number of nitro benzene ring substituents is 2. The molecule has 0 aromatic heterocycles. The van der Waals surface area contributed by atoms with E-state index in [1.807, 2.05) is 0 Å². The van der Waals surface area contributed by atoms with Crippen LogP contribution in [-0.2, 0) is 0 Å². The lowest BCUT2D eigenvalue weighted by Crippen LogP contribution is -1.99. The Hall–Kier alpha value is -3.00. The van der Waals surface area contributed by atoms with Crippen LogP contribution in [0.5, 0.6) is 5.75 Å². The average molecular weight is 336 g/mol. The molecule has 2 aromatic carbocycles. The van der Waals surface area contributed by atoms with Gasteiger partial charge in [-0.1, -0.05) is 28.9 Å². The summed E-state index contributed by atoms with van der Waals surface area (Å²) in [6.07, 6.45) is 0. The standard InChI is InChI=1S/C14H10ClN3O5/c1-9(10-2-4-11(15)5-3-10)16-23-14-7-12(17(19)20)6-13(8-14)18(21)22/h2-8H,1H3/b16-9-. The molecule has 23 heavy (non-hydrogen) atoms. The number of halogens is 1. The number of hydrogen-bond donors (Lipinski definition) is 0. The maximum atomic E-state index is 10.8. The number of non-ortho nitro benzene ring substituents is 2. The van der Waals surface area contributed by atoms with Gasteiger partial charge in [-0.15, -0.1) is 0 Å². The van der Waals surface area contributed by atoms with Gasteiger partial charge in [-0.2, -0.15) is 0 Å². The third-order valence-corrected chi connectivity index (χ3v) is 3.10. The highest BCUT2D eigenvalue weighted by molar-refractivity contribution is 6.30. The summed E-state index contributed by atoms with van der Waals surface area (Å²) in [4.78, 5) is 25.2. The van der Waals surface area contributed by atoms with Crippen LogP contribution < -0.4 is 4.84 Å². The van der Waals surface area contributed by atoms with Gasteiger partial charge in [0.15, 0.2) is 5.75 Å². The third kappa shape index (κ3) is 4.24. The number of oxime groups is 1. The monoisotopic (exact) mass is 335 g/mol. The first-order valence-electron chi connectivity index (χ1n) is 6.28. The molecule has 0 fully saturated rings. The van der Waals surface area contributed by atoms with Crippen molar-refractivity contribution >= 4 is 28.7 Å². The lowest BCUT2D eigenvalue weighted by molar-refractivity contribution is -0.394. The smallest absolute Gasteiger partial charge is 0.280 e. The SMILES string of the molecule is C/C(=N/Oc1cc([N+](=O)[O-])cc([N+](=O)[O-])c1)c1ccc(Cl)cc1. The minimum Gasteiger partial charge on any atom is -0.356 e. The summed E-state index contributed by atoms with van der Waals surface area (Å²) >= 11 is 5.78. The average Bonchev–Trinajstić information content (AvgIpc) is 2.52. The van der Waals surface area contributed by atoms with Crippen LogP contribution >= 0.6 is 11.6 Å². The molecule has 0 spiro atoms. The Balaban J connectivity index is 2.28. The highest BCUT2D eigenvalue weighted by atomic mass is 35.5. The molecule has 0 N–H and O–H groups in total. The second-order valence-electron chi connectivity index (χ2n) is 4.47. The molecule has 0 amide bonds. The van der Waals surface area contributed by atoms with Gasteiger partial charge >= 0.3 is 0 Å². The molecular formula is C14H10ClN3O5. The first kappa shape index (κ1) is 16.4. The van der Waals surface area contributed by atoms with Gasteiger partial charge < -0.3 is 4.84 Å². The van der Waals surface area contributed by atoms with Gasteiger partial charge in [-0.05, 0) is 24.6 Å². The summed E-state index contributed by atoms with van der Waals surface area (Å²) in [6.45, 7) is 1.66. The van der Waals surface area contributed by atoms with E-state index < -0.39 is 21.2 Å². The maximum absolute atomic E-state index is 10.8. The second-order valence-corrected chi connectivity index (χ2v) is 4.91. The van der Waals surface area contributed by atoms with Crippen molar-refractivity contribution in [1.82, 2.24) is 0 Å². The van der Waals surface area contributed by atoms with Gasteiger partial charge in [-0.3, -0.25) is 20.2 Å². The Morgan fingerprint density at radius 3 is 2.04 bits per heavy atom. The van der Waals surface area contributed by atoms with Crippen molar-refractivity contribution in [1.29, 1.82) is 0 Å². The van der Waals surface area contributed by atoms with Crippen molar-refractivity contribution in [2.45, 2.75) is 6.92 Å². The van der Waals surface area contributed by atoms with E-state index in [1.165, 1.54) is 0 Å². The first-order valence-corrected chi connectivity index (χ1v) is 6.66. The highest BCUT2D eigenvalue weighted by Gasteiger charge is 2.17. The van der Waals surface area contributed by atoms with Crippen LogP contribution in [0.2, 0.25) is 5.02 Å². The van der Waals surface area contributed by atoms with Gasteiger partial charge in [0.1, 0.15) is 0 Å². The van der Waals surface area contributed by atoms with Crippen LogP contribution in [0, 0.1) is 20.2 Å². The van der Waals surface area contributed by atoms with Gasteiger partial charge in [0.25, 0.3) is 11.4 Å². The number of rotatable bonds is 5. The molecule has 8 nitrogen and oxygen atoms in total. The molecule has 0 aliphatic heterocycles. The van der Waals surface area contributed by atoms with Crippen LogP contribution in [0.3, 0.4) is 0 Å². The molecule has 0 unspecified atom stereocenters. The zero-order valence-electron chi connectivity index (χ0n) is 11.8. The highest BCUT2D eigenvalue weighted by Crippen LogP contribution is 2.27. The Labute approximate surface area is 135 Å². The van der Waals surface area contributed by atoms with E-state index in [-0.39, 0.29) is 5.75 Å². The summed E-state index contributed by atoms with van der Waals surface area (Å²) in [7, 11) is 0. The number of hydrogen-bond acceptors (Lipinski definition) is 6. The summed E-state index contributed by atoms with van der Waals surface area (Å²) in [5.74, 6) is -0.0980. The van der Waals surface area contributed by atoms with Crippen LogP contribution in [-0.4, -0.2) is 15.6 Å². The van der Waals surface area contributed by atoms with Gasteiger partial charge in [0.2, 0.25) is 0 Å². The Morgan fingerprint density at radius 1 is 1.04 bits per heavy atom. The molecule has 0 bridgehead atoms. The van der Waals surface area contributed by atoms with Crippen molar-refractivity contribution in [2.24, 2.45) is 5.16 Å². The van der Waals surface area contributed by atoms with Crippen molar-refractivity contribution in [2.75, 3.05) is 0 Å². The molecule has 0 aliphatic rings. The number of nitrogens with zero attached hydrogens (tertiary/aromatic N) is 3. The molecule has 2 rings (SSSR count). The maximum Gasteiger partial charge on any atom is 0.280 e. The van der Waals surface area contributed by atoms with Crippen molar-refractivity contribution in [3.8, 4) is 5.75 Å². The molecule has 0 aliphatic carbocycles. The Morgan fingerprint density at radius 2 is 1.57 bits per heavy atom. The zero-order valence-corrected chi connectivity index (χ0v) is 12.6. The molecule has 9 heteroatoms. The van der Waals surface area contributed by atoms with Crippen LogP contribution in [0.1, 0.15) is 12.5 Å². The lowest BCUT2D eigenvalue weighted by Gasteiger charge is -2.03. The normalized spacial score (nSPS) is 11.1. The van der Waals surface area contributed by atoms with E-state index in [0.29, 0.717) is 10.7 Å². The lowest BCUT2D eigenvalue weighted by atomic mass is 10.1. The fourth-order valence-corrected chi connectivity index (χ4v) is 1.82. The number of benzene rings is 2. The van der Waals surface area contributed by atoms with Crippen LogP contribution in [0.25, 0.3) is 0 Å². The molecule has 2 aromatic rings. The van der Waals surface area contributed by atoms with Crippen LogP contribution in [0.15, 0.2) is 47.6 Å². The first-order chi connectivity index (χ1) is 10.9. The van der Waals surface area contributed by atoms with E-state index in [9.17, 15) is 20.2 Å². The molecule has 0 atom stereocenters. The second kappa shape index (κ2) is 6.84. The summed E-state index contributed by atoms with van der Waals surface area (Å²) in [5, 5.41) is 26.0. The van der Waals surface area contributed by atoms with E-state index >= 15 is 0 Å². The zero-order chi connectivity index (χ0) is 17.0. The quantitative estimate of drug-likeness (QED) is 0.466. The largest absolute Gasteiger partial charge is 0.356 e. The molecule has 118 valence electrons. The van der Waals surface area contributed by atoms with Crippen molar-refractivity contribution < 1.29 is 14.7 Å². The Bertz CT molecular complexity index is 757. The van der Waals surface area contributed by atoms with E-state index in [1.54, 1.807) is 31.2 Å². The van der Waals surface area contributed by atoms with Gasteiger partial charge in [0.05, 0.1) is 33.8 Å². The summed E-state index contributed by atoms with van der Waals surface area (Å²) < 4.78 is 0. The fraction of sp³-hybridized carbons (Fsp3) is 0.0714. The minimum absolute atomic E-state index is 0.0980. The topological polar surface area (TPSA) is 108 Å². The van der Waals surface area contributed by atoms with E-state index in [2.05, 4.69) is 5.16 Å². The van der Waals surface area contributed by atoms with Gasteiger partial charge in [0, 0.05) is 5.02 Å². The van der Waals surface area contributed by atoms with E-state index in [4.69, 9.17) is 16.4 Å². The summed E-state index contributed by atoms with van der Waals surface area (Å²) in [6, 6.07) is 9.77. The predicted octanol–water partition coefficient (Wildman–Crippen LogP) is 3.96. The molecule has 0 saturated carbocycles. The molecule has 0 radical (unpaired) electrons. The third-order valence-electron chi connectivity index (χ3n) is 2.85. The molecule has 0 saturated heterocycles. The summed E-state index contributed by atoms with van der Waals surface area (Å²) in [5.41, 5.74) is 0.312. The van der Waals surface area contributed by atoms with E-state index in [0.717, 1.165) is 23.8 Å². The predicted molar refractivity (Wildman–Crippen MR) is 84.0 cm³/mol. The minimum atomic E-state index is -0.740. The fourth-order valence-electron chi connectivity index (χ4n) is 1.70. The van der Waals surface area contributed by atoms with Crippen LogP contribution in [0.4, 0.5) is 11.4 Å². The van der Waals surface area contributed by atoms with Gasteiger partial charge in [-0.25, -0.2) is 0 Å².